The van der Waals surface area contributed by atoms with Crippen LogP contribution in [0.3, 0.4) is 0 Å². The molecular formula is C27H28N2O4. The number of amides is 2. The van der Waals surface area contributed by atoms with Crippen LogP contribution in [0.4, 0.5) is 0 Å². The van der Waals surface area contributed by atoms with Crippen molar-refractivity contribution in [1.29, 1.82) is 0 Å². The van der Waals surface area contributed by atoms with Gasteiger partial charge in [0.15, 0.2) is 11.5 Å². The Kier molecular flexibility index (Phi) is 7.25. The van der Waals surface area contributed by atoms with Gasteiger partial charge in [-0.05, 0) is 28.8 Å². The summed E-state index contributed by atoms with van der Waals surface area (Å²) in [4.78, 5) is 28.1. The molecule has 1 atom stereocenters. The number of ether oxygens (including phenoxy) is 2. The second-order valence-corrected chi connectivity index (χ2v) is 7.97. The predicted octanol–water partition coefficient (Wildman–Crippen LogP) is 4.08. The topological polar surface area (TPSA) is 67.9 Å². The molecule has 0 fully saturated rings. The molecule has 3 aromatic rings. The molecule has 4 rings (SSSR count). The van der Waals surface area contributed by atoms with Crippen molar-refractivity contribution in [3.8, 4) is 11.5 Å². The Balaban J connectivity index is 1.55. The van der Waals surface area contributed by atoms with E-state index < -0.39 is 6.04 Å². The van der Waals surface area contributed by atoms with E-state index in [9.17, 15) is 9.59 Å². The van der Waals surface area contributed by atoms with Crippen LogP contribution in [-0.4, -0.2) is 29.5 Å². The average Bonchev–Trinajstić information content (AvgIpc) is 3.33. The first kappa shape index (κ1) is 22.4. The quantitative estimate of drug-likeness (QED) is 0.540. The third-order valence-electron chi connectivity index (χ3n) is 5.67. The molecule has 0 aromatic heterocycles. The molecule has 0 radical (unpaired) electrons. The summed E-state index contributed by atoms with van der Waals surface area (Å²) >= 11 is 0. The van der Waals surface area contributed by atoms with Gasteiger partial charge in [0.1, 0.15) is 6.04 Å². The molecule has 0 bridgehead atoms. The number of nitrogens with zero attached hydrogens (tertiary/aromatic N) is 1. The van der Waals surface area contributed by atoms with Gasteiger partial charge in [-0.3, -0.25) is 9.59 Å². The van der Waals surface area contributed by atoms with Crippen LogP contribution in [0.25, 0.3) is 0 Å². The van der Waals surface area contributed by atoms with E-state index in [1.807, 2.05) is 85.8 Å². The van der Waals surface area contributed by atoms with E-state index in [0.717, 1.165) is 16.7 Å². The van der Waals surface area contributed by atoms with Crippen LogP contribution in [0.15, 0.2) is 78.9 Å². The lowest BCUT2D eigenvalue weighted by Crippen LogP contribution is -2.50. The Labute approximate surface area is 194 Å². The molecule has 33 heavy (non-hydrogen) atoms. The minimum atomic E-state index is -0.630. The van der Waals surface area contributed by atoms with Gasteiger partial charge in [0.05, 0.1) is 0 Å². The lowest BCUT2D eigenvalue weighted by atomic mass is 10.0. The number of benzene rings is 3. The molecule has 0 unspecified atom stereocenters. The molecule has 1 aliphatic heterocycles. The van der Waals surface area contributed by atoms with Crippen molar-refractivity contribution in [2.75, 3.05) is 6.79 Å². The highest BCUT2D eigenvalue weighted by atomic mass is 16.7. The predicted molar refractivity (Wildman–Crippen MR) is 126 cm³/mol. The molecule has 3 aromatic carbocycles. The molecule has 0 saturated heterocycles. The maximum absolute atomic E-state index is 13.4. The number of carbonyl (C=O) groups excluding carboxylic acids is 2. The van der Waals surface area contributed by atoms with Gasteiger partial charge in [0.25, 0.3) is 0 Å². The van der Waals surface area contributed by atoms with Gasteiger partial charge in [0, 0.05) is 25.9 Å². The van der Waals surface area contributed by atoms with E-state index in [-0.39, 0.29) is 18.6 Å². The molecule has 6 nitrogen and oxygen atoms in total. The fourth-order valence-corrected chi connectivity index (χ4v) is 3.90. The number of nitrogens with one attached hydrogen (secondary N) is 1. The number of rotatable bonds is 9. The highest BCUT2D eigenvalue weighted by molar-refractivity contribution is 5.88. The fraction of sp³-hybridized carbons (Fsp3) is 0.259. The van der Waals surface area contributed by atoms with Crippen molar-refractivity contribution < 1.29 is 19.1 Å². The van der Waals surface area contributed by atoms with E-state index in [4.69, 9.17) is 9.47 Å². The van der Waals surface area contributed by atoms with Crippen LogP contribution in [0.5, 0.6) is 11.5 Å². The summed E-state index contributed by atoms with van der Waals surface area (Å²) in [5.74, 6) is 1.14. The molecule has 0 spiro atoms. The number of hydrogen-bond donors (Lipinski definition) is 1. The Bertz CT molecular complexity index is 1090. The van der Waals surface area contributed by atoms with Crippen molar-refractivity contribution in [3.05, 3.63) is 95.6 Å². The number of fused-ring (bicyclic) bond motifs is 1. The minimum absolute atomic E-state index is 0.0574. The molecular weight excluding hydrogens is 416 g/mol. The van der Waals surface area contributed by atoms with Crippen LogP contribution < -0.4 is 14.8 Å². The lowest BCUT2D eigenvalue weighted by Gasteiger charge is -2.31. The first-order chi connectivity index (χ1) is 16.1. The van der Waals surface area contributed by atoms with Crippen LogP contribution in [0.2, 0.25) is 0 Å². The summed E-state index contributed by atoms with van der Waals surface area (Å²) in [6.45, 7) is 2.74. The first-order valence-electron chi connectivity index (χ1n) is 11.2. The van der Waals surface area contributed by atoms with Crippen molar-refractivity contribution in [3.63, 3.8) is 0 Å². The summed E-state index contributed by atoms with van der Waals surface area (Å²) < 4.78 is 10.8. The molecule has 1 heterocycles. The molecule has 0 saturated carbocycles. The van der Waals surface area contributed by atoms with E-state index >= 15 is 0 Å². The Morgan fingerprint density at radius 3 is 2.24 bits per heavy atom. The molecule has 1 N–H and O–H groups in total. The van der Waals surface area contributed by atoms with Gasteiger partial charge in [-0.15, -0.1) is 0 Å². The SMILES string of the molecule is CCC(=O)N(Cc1ccccc1)[C@@H](Cc1ccccc1)C(=O)NCc1ccc2c(c1)OCO2. The van der Waals surface area contributed by atoms with Crippen molar-refractivity contribution in [2.24, 2.45) is 0 Å². The lowest BCUT2D eigenvalue weighted by molar-refractivity contribution is -0.141. The highest BCUT2D eigenvalue weighted by Gasteiger charge is 2.29. The summed E-state index contributed by atoms with van der Waals surface area (Å²) in [5.41, 5.74) is 2.89. The average molecular weight is 445 g/mol. The van der Waals surface area contributed by atoms with Crippen molar-refractivity contribution >= 4 is 11.8 Å². The summed E-state index contributed by atoms with van der Waals surface area (Å²) in [5, 5.41) is 3.03. The van der Waals surface area contributed by atoms with Crippen molar-refractivity contribution in [1.82, 2.24) is 10.2 Å². The van der Waals surface area contributed by atoms with Gasteiger partial charge in [-0.1, -0.05) is 73.7 Å². The zero-order valence-corrected chi connectivity index (χ0v) is 18.7. The third kappa shape index (κ3) is 5.71. The van der Waals surface area contributed by atoms with E-state index in [1.165, 1.54) is 0 Å². The first-order valence-corrected chi connectivity index (χ1v) is 11.2. The maximum Gasteiger partial charge on any atom is 0.243 e. The van der Waals surface area contributed by atoms with E-state index in [1.54, 1.807) is 4.90 Å². The van der Waals surface area contributed by atoms with Gasteiger partial charge >= 0.3 is 0 Å². The molecule has 0 aliphatic carbocycles. The van der Waals surface area contributed by atoms with Crippen molar-refractivity contribution in [2.45, 2.75) is 38.9 Å². The molecule has 2 amide bonds. The van der Waals surface area contributed by atoms with Crippen LogP contribution in [-0.2, 0) is 29.1 Å². The van der Waals surface area contributed by atoms with Gasteiger partial charge < -0.3 is 19.7 Å². The van der Waals surface area contributed by atoms with Gasteiger partial charge in [-0.2, -0.15) is 0 Å². The highest BCUT2D eigenvalue weighted by Crippen LogP contribution is 2.32. The zero-order chi connectivity index (χ0) is 23.0. The smallest absolute Gasteiger partial charge is 0.243 e. The van der Waals surface area contributed by atoms with Gasteiger partial charge in [0.2, 0.25) is 18.6 Å². The molecule has 6 heteroatoms. The van der Waals surface area contributed by atoms with E-state index in [0.29, 0.717) is 37.4 Å². The van der Waals surface area contributed by atoms with Gasteiger partial charge in [-0.25, -0.2) is 0 Å². The summed E-state index contributed by atoms with van der Waals surface area (Å²) in [6.07, 6.45) is 0.764. The Morgan fingerprint density at radius 1 is 0.879 bits per heavy atom. The molecule has 170 valence electrons. The minimum Gasteiger partial charge on any atom is -0.454 e. The zero-order valence-electron chi connectivity index (χ0n) is 18.7. The Morgan fingerprint density at radius 2 is 1.55 bits per heavy atom. The van der Waals surface area contributed by atoms with Crippen LogP contribution in [0.1, 0.15) is 30.0 Å². The van der Waals surface area contributed by atoms with Crippen LogP contribution >= 0.6 is 0 Å². The number of carbonyl (C=O) groups is 2. The second kappa shape index (κ2) is 10.7. The standard InChI is InChI=1S/C27H28N2O4/c1-2-26(30)29(18-21-11-7-4-8-12-21)23(15-20-9-5-3-6-10-20)27(31)28-17-22-13-14-24-25(16-22)33-19-32-24/h3-14,16,23H,2,15,17-19H2,1H3,(H,28,31)/t23-/m0/s1. The van der Waals surface area contributed by atoms with E-state index in [2.05, 4.69) is 5.32 Å². The third-order valence-corrected chi connectivity index (χ3v) is 5.67. The fourth-order valence-electron chi connectivity index (χ4n) is 3.90. The van der Waals surface area contributed by atoms with Crippen LogP contribution in [0, 0.1) is 0 Å². The number of hydrogen-bond acceptors (Lipinski definition) is 4. The summed E-state index contributed by atoms with van der Waals surface area (Å²) in [6, 6.07) is 24.5. The molecule has 1 aliphatic rings. The summed E-state index contributed by atoms with van der Waals surface area (Å²) in [7, 11) is 0. The second-order valence-electron chi connectivity index (χ2n) is 7.97. The monoisotopic (exact) mass is 444 g/mol. The Hall–Kier alpha value is -3.80. The maximum atomic E-state index is 13.4. The normalized spacial score (nSPS) is 12.8. The largest absolute Gasteiger partial charge is 0.454 e.